The summed E-state index contributed by atoms with van der Waals surface area (Å²) in [5.41, 5.74) is 14.5. The van der Waals surface area contributed by atoms with Gasteiger partial charge in [-0.2, -0.15) is 0 Å². The second kappa shape index (κ2) is 34.7. The van der Waals surface area contributed by atoms with E-state index < -0.39 is 10.8 Å². The Hall–Kier alpha value is -6.86. The Morgan fingerprint density at radius 3 is 1.23 bits per heavy atom. The topological polar surface area (TPSA) is 220 Å². The number of halogens is 1. The average Bonchev–Trinajstić information content (AvgIpc) is 0.759. The molecule has 0 unspecified atom stereocenters. The van der Waals surface area contributed by atoms with Crippen molar-refractivity contribution in [3.63, 3.8) is 0 Å². The summed E-state index contributed by atoms with van der Waals surface area (Å²) in [6.45, 7) is 23.6. The molecule has 0 aliphatic heterocycles. The molecule has 0 saturated heterocycles. The number of alkyl halides is 1. The first-order valence-electron chi connectivity index (χ1n) is 36.1. The highest BCUT2D eigenvalue weighted by Crippen LogP contribution is 2.50. The fourth-order valence-corrected chi connectivity index (χ4v) is 15.8. The molecule has 0 spiro atoms. The standard InChI is InChI=1S/C30H39NO5.C24H29NO3.C22H33NO3.C6H11IO2/c1-29(2,3)27(32)36-20-35-24-15-14-22-17-23-13-9-6-10-16-30(4,25(22)18-24)26(23)31-28(33)34-19-21-11-7-5-8-12-21;1-24-13-7-3-6-10-19(14-18-11-12-20(26)15-21(18)24)22(24)25-23(27)28-16-17-8-4-2-5-9-17;1-21(2,3)20(24)26-14-25-17-10-9-15-12-16-8-6-5-7-11-22(4,19(16)23)18(15)13-17;1-6(2,3)5(8)9-4-7/h5,7-8,11-12,14-15,18,23,26H,6,9-10,13,16-17,19-20H2,1-4H3,(H,31,33);2,4-5,8-9,11-12,15,19,22,26H,3,6-7,10,13-14,16H2,1H3,(H,25,27);9-10,13,16,19H,5-8,11-12,14,23H2,1-4H3;4H2,1-3H3/t23-,26-,30+;19-,22-,24+;16-,19-,22+;/m000./s1. The molecular weight excluding hydrogens is 1360 g/mol. The predicted molar refractivity (Wildman–Crippen MR) is 395 cm³/mol. The summed E-state index contributed by atoms with van der Waals surface area (Å²) in [5.74, 6) is 2.34. The number of hydrogen-bond donors (Lipinski definition) is 4. The van der Waals surface area contributed by atoms with Crippen LogP contribution in [0.2, 0.25) is 0 Å². The molecule has 0 heterocycles. The maximum atomic E-state index is 12.9. The average molecular weight is 1470 g/mol. The molecule has 99 heavy (non-hydrogen) atoms. The first-order chi connectivity index (χ1) is 46.9. The van der Waals surface area contributed by atoms with E-state index in [1.165, 1.54) is 84.7 Å². The van der Waals surface area contributed by atoms with E-state index in [0.29, 0.717) is 33.9 Å². The molecule has 3 fully saturated rings. The number of nitrogens with two attached hydrogens (primary N) is 1. The second-order valence-electron chi connectivity index (χ2n) is 32.0. The Kier molecular flexibility index (Phi) is 27.3. The van der Waals surface area contributed by atoms with Crippen LogP contribution in [0, 0.1) is 34.0 Å². The van der Waals surface area contributed by atoms with Gasteiger partial charge in [0, 0.05) is 34.4 Å². The van der Waals surface area contributed by atoms with Crippen LogP contribution in [0.4, 0.5) is 9.59 Å². The Labute approximate surface area is 603 Å². The number of esters is 3. The Morgan fingerprint density at radius 1 is 0.465 bits per heavy atom. The fourth-order valence-electron chi connectivity index (χ4n) is 15.5. The molecule has 16 nitrogen and oxygen atoms in total. The largest absolute Gasteiger partial charge is 0.508 e. The third kappa shape index (κ3) is 20.9. The maximum Gasteiger partial charge on any atom is 0.407 e. The van der Waals surface area contributed by atoms with Gasteiger partial charge in [0.15, 0.2) is 0 Å². The number of benzene rings is 5. The lowest BCUT2D eigenvalue weighted by Gasteiger charge is -2.49. The number of rotatable bonds is 13. The van der Waals surface area contributed by atoms with Crippen molar-refractivity contribution in [1.29, 1.82) is 0 Å². The van der Waals surface area contributed by atoms with Crippen LogP contribution in [0.3, 0.4) is 0 Å². The number of carbonyl (C=O) groups is 5. The van der Waals surface area contributed by atoms with Crippen LogP contribution in [0.5, 0.6) is 17.2 Å². The van der Waals surface area contributed by atoms with E-state index in [0.717, 1.165) is 81.1 Å². The molecule has 5 aromatic carbocycles. The van der Waals surface area contributed by atoms with Crippen LogP contribution < -0.4 is 25.8 Å². The molecule has 6 aliphatic rings. The van der Waals surface area contributed by atoms with Gasteiger partial charge in [-0.3, -0.25) is 14.4 Å². The summed E-state index contributed by atoms with van der Waals surface area (Å²) in [7, 11) is 0. The molecule has 5 N–H and O–H groups in total. The molecule has 17 heteroatoms. The lowest BCUT2D eigenvalue weighted by atomic mass is 9.59. The zero-order valence-electron chi connectivity index (χ0n) is 61.0. The Bertz CT molecular complexity index is 3490. The number of hydrogen-bond acceptors (Lipinski definition) is 14. The summed E-state index contributed by atoms with van der Waals surface area (Å²) in [5, 5.41) is 16.6. The molecule has 540 valence electrons. The van der Waals surface area contributed by atoms with Crippen molar-refractivity contribution in [1.82, 2.24) is 10.6 Å². The third-order valence-corrected chi connectivity index (χ3v) is 21.6. The molecular formula is C82H112IN3O13. The lowest BCUT2D eigenvalue weighted by molar-refractivity contribution is -0.160. The smallest absolute Gasteiger partial charge is 0.407 e. The van der Waals surface area contributed by atoms with Gasteiger partial charge in [-0.25, -0.2) is 9.59 Å². The molecule has 9 atom stereocenters. The van der Waals surface area contributed by atoms with Crippen molar-refractivity contribution in [3.8, 4) is 17.2 Å². The van der Waals surface area contributed by atoms with Crippen molar-refractivity contribution in [3.05, 3.63) is 160 Å². The number of alkyl carbamates (subject to hydrolysis) is 2. The van der Waals surface area contributed by atoms with Crippen molar-refractivity contribution < 1.29 is 62.2 Å². The van der Waals surface area contributed by atoms with Gasteiger partial charge in [0.25, 0.3) is 0 Å². The number of phenols is 1. The highest BCUT2D eigenvalue weighted by Gasteiger charge is 2.49. The van der Waals surface area contributed by atoms with E-state index in [2.05, 4.69) is 61.7 Å². The molecule has 3 saturated carbocycles. The van der Waals surface area contributed by atoms with Gasteiger partial charge in [0.1, 0.15) is 35.1 Å². The first-order valence-corrected chi connectivity index (χ1v) is 37.6. The van der Waals surface area contributed by atoms with Crippen molar-refractivity contribution in [2.75, 3.05) is 18.2 Å². The zero-order chi connectivity index (χ0) is 71.8. The molecule has 11 rings (SSSR count). The minimum atomic E-state index is -0.575. The summed E-state index contributed by atoms with van der Waals surface area (Å²) >= 11 is 2.00. The molecule has 6 bridgehead atoms. The van der Waals surface area contributed by atoms with Crippen LogP contribution in [-0.4, -0.2) is 71.5 Å². The van der Waals surface area contributed by atoms with Gasteiger partial charge < -0.3 is 54.6 Å². The monoisotopic (exact) mass is 1470 g/mol. The number of carbonyl (C=O) groups excluding carboxylic acids is 5. The van der Waals surface area contributed by atoms with E-state index in [9.17, 15) is 29.1 Å². The highest BCUT2D eigenvalue weighted by atomic mass is 127. The summed E-state index contributed by atoms with van der Waals surface area (Å²) in [6.07, 6.45) is 19.6. The highest BCUT2D eigenvalue weighted by molar-refractivity contribution is 14.1. The maximum absolute atomic E-state index is 12.9. The summed E-state index contributed by atoms with van der Waals surface area (Å²) in [6, 6.07) is 37.9. The summed E-state index contributed by atoms with van der Waals surface area (Å²) < 4.78 is 38.4. The zero-order valence-corrected chi connectivity index (χ0v) is 63.2. The van der Waals surface area contributed by atoms with E-state index in [4.69, 9.17) is 38.9 Å². The van der Waals surface area contributed by atoms with Crippen molar-refractivity contribution >= 4 is 52.7 Å². The van der Waals surface area contributed by atoms with E-state index >= 15 is 0 Å². The van der Waals surface area contributed by atoms with Gasteiger partial charge in [-0.05, 0) is 241 Å². The fraction of sp³-hybridized carbons (Fsp3) is 0.573. The number of fused-ring (bicyclic) bond motifs is 12. The van der Waals surface area contributed by atoms with Gasteiger partial charge in [0.2, 0.25) is 13.6 Å². The molecule has 0 aromatic heterocycles. The van der Waals surface area contributed by atoms with Crippen LogP contribution in [0.25, 0.3) is 0 Å². The quantitative estimate of drug-likeness (QED) is 0.0283. The van der Waals surface area contributed by atoms with Crippen molar-refractivity contribution in [2.24, 2.45) is 39.7 Å². The number of phenolic OH excluding ortho intramolecular Hbond substituents is 1. The molecule has 0 radical (unpaired) electrons. The first kappa shape index (κ1) is 77.9. The number of nitrogens with one attached hydrogen (secondary N) is 2. The van der Waals surface area contributed by atoms with Crippen LogP contribution in [0.1, 0.15) is 224 Å². The third-order valence-electron chi connectivity index (χ3n) is 21.2. The minimum Gasteiger partial charge on any atom is -0.508 e. The van der Waals surface area contributed by atoms with Crippen molar-refractivity contribution in [2.45, 2.75) is 246 Å². The minimum absolute atomic E-state index is 0.000125. The van der Waals surface area contributed by atoms with Gasteiger partial charge in [-0.15, -0.1) is 0 Å². The predicted octanol–water partition coefficient (Wildman–Crippen LogP) is 17.7. The van der Waals surface area contributed by atoms with Gasteiger partial charge in [-0.1, -0.05) is 157 Å². The number of ether oxygens (including phenoxy) is 7. The SMILES string of the molecule is CC(C)(C)C(=O)OCI.CC(C)(C)C(=O)OCOc1ccc2c(c1)[C@@]1(C)CCCCC[C@@H](C2)[C@@H]1N.CC(C)(C)C(=O)OCOc1ccc2c(c1)[C@@]1(C)CCCCC[C@@H](C2)[C@@H]1NC(=O)OCc1ccccc1.C[C@@]12CCCCC[C@@H](Cc3ccc(O)cc31)[C@@H]2NC(=O)OCc1ccccc1. The van der Waals surface area contributed by atoms with Crippen LogP contribution in [0.15, 0.2) is 115 Å². The van der Waals surface area contributed by atoms with Crippen LogP contribution in [-0.2, 0) is 86.8 Å². The Morgan fingerprint density at radius 2 is 0.828 bits per heavy atom. The van der Waals surface area contributed by atoms with Gasteiger partial charge >= 0.3 is 30.1 Å². The van der Waals surface area contributed by atoms with E-state index in [1.54, 1.807) is 6.07 Å². The number of aromatic hydroxyl groups is 1. The number of amides is 2. The normalized spacial score (nSPS) is 24.5. The summed E-state index contributed by atoms with van der Waals surface area (Å²) in [4.78, 5) is 60.4. The molecule has 2 amide bonds. The van der Waals surface area contributed by atoms with E-state index in [-0.39, 0.29) is 96.7 Å². The van der Waals surface area contributed by atoms with Gasteiger partial charge in [0.05, 0.1) is 16.2 Å². The second-order valence-corrected chi connectivity index (χ2v) is 32.6. The van der Waals surface area contributed by atoms with Crippen LogP contribution >= 0.6 is 22.6 Å². The molecule has 5 aromatic rings. The Balaban J connectivity index is 0.000000180. The molecule has 6 aliphatic carbocycles. The lowest BCUT2D eigenvalue weighted by Crippen LogP contribution is -2.57. The van der Waals surface area contributed by atoms with E-state index in [1.807, 2.05) is 164 Å².